The summed E-state index contributed by atoms with van der Waals surface area (Å²) < 4.78 is 56.2. The number of pyridine rings is 1. The zero-order valence-electron chi connectivity index (χ0n) is 15.0. The SMILES string of the molecule is CO[C@@H]1CO[C@]2(CCCN(C(=O)c3ccnc(F)c3)C2)C1.O=C(O)C(F)(F)F. The maximum absolute atomic E-state index is 13.2. The van der Waals surface area contributed by atoms with Gasteiger partial charge in [0.1, 0.15) is 0 Å². The number of carbonyl (C=O) groups excluding carboxylic acids is 1. The fourth-order valence-electron chi connectivity index (χ4n) is 3.23. The molecule has 0 bridgehead atoms. The first-order valence-corrected chi connectivity index (χ1v) is 8.44. The molecule has 1 N–H and O–H groups in total. The number of carbonyl (C=O) groups is 2. The second-order valence-electron chi connectivity index (χ2n) is 6.56. The van der Waals surface area contributed by atoms with Gasteiger partial charge in [-0.2, -0.15) is 17.6 Å². The van der Waals surface area contributed by atoms with Crippen LogP contribution in [0.1, 0.15) is 29.6 Å². The second kappa shape index (κ2) is 8.82. The number of methoxy groups -OCH3 is 1. The number of ether oxygens (including phenoxy) is 2. The summed E-state index contributed by atoms with van der Waals surface area (Å²) in [5.41, 5.74) is 0.0287. The van der Waals surface area contributed by atoms with Gasteiger partial charge >= 0.3 is 12.1 Å². The Morgan fingerprint density at radius 3 is 2.64 bits per heavy atom. The quantitative estimate of drug-likeness (QED) is 0.597. The molecule has 0 saturated carbocycles. The van der Waals surface area contributed by atoms with E-state index in [1.165, 1.54) is 12.3 Å². The molecule has 0 unspecified atom stereocenters. The lowest BCUT2D eigenvalue weighted by atomic mass is 9.89. The van der Waals surface area contributed by atoms with Gasteiger partial charge in [-0.05, 0) is 18.9 Å². The lowest BCUT2D eigenvalue weighted by Crippen LogP contribution is -2.50. The number of aliphatic carboxylic acids is 1. The van der Waals surface area contributed by atoms with Crippen molar-refractivity contribution in [2.45, 2.75) is 37.1 Å². The fraction of sp³-hybridized carbons (Fsp3) is 0.588. The number of alkyl halides is 3. The van der Waals surface area contributed by atoms with Gasteiger partial charge in [-0.15, -0.1) is 0 Å². The summed E-state index contributed by atoms with van der Waals surface area (Å²) in [4.78, 5) is 26.6. The predicted molar refractivity (Wildman–Crippen MR) is 87.1 cm³/mol. The highest BCUT2D eigenvalue weighted by Crippen LogP contribution is 2.36. The Labute approximate surface area is 158 Å². The van der Waals surface area contributed by atoms with Crippen molar-refractivity contribution in [2.24, 2.45) is 0 Å². The number of carboxylic acid groups (broad SMARTS) is 1. The third-order valence-corrected chi connectivity index (χ3v) is 4.55. The van der Waals surface area contributed by atoms with Crippen LogP contribution >= 0.6 is 0 Å². The smallest absolute Gasteiger partial charge is 0.475 e. The van der Waals surface area contributed by atoms with E-state index in [0.29, 0.717) is 25.3 Å². The molecular formula is C17H20F4N2O5. The van der Waals surface area contributed by atoms with Crippen LogP contribution in [-0.2, 0) is 14.3 Å². The van der Waals surface area contributed by atoms with Gasteiger partial charge in [-0.3, -0.25) is 4.79 Å². The van der Waals surface area contributed by atoms with E-state index in [-0.39, 0.29) is 17.6 Å². The Hall–Kier alpha value is -2.27. The van der Waals surface area contributed by atoms with Gasteiger partial charge in [0.2, 0.25) is 5.95 Å². The third kappa shape index (κ3) is 5.61. The maximum Gasteiger partial charge on any atom is 0.490 e. The summed E-state index contributed by atoms with van der Waals surface area (Å²) >= 11 is 0. The first-order valence-electron chi connectivity index (χ1n) is 8.44. The molecule has 156 valence electrons. The molecule has 1 spiro atoms. The molecule has 7 nitrogen and oxygen atoms in total. The summed E-state index contributed by atoms with van der Waals surface area (Å²) in [6.07, 6.45) is -1.05. The van der Waals surface area contributed by atoms with Crippen LogP contribution in [0.5, 0.6) is 0 Å². The molecule has 2 aliphatic heterocycles. The van der Waals surface area contributed by atoms with Crippen molar-refractivity contribution in [2.75, 3.05) is 26.8 Å². The third-order valence-electron chi connectivity index (χ3n) is 4.55. The van der Waals surface area contributed by atoms with Gasteiger partial charge in [0.05, 0.1) is 24.9 Å². The van der Waals surface area contributed by atoms with Gasteiger partial charge in [-0.1, -0.05) is 0 Å². The number of piperidine rings is 1. The number of hydrogen-bond donors (Lipinski definition) is 1. The lowest BCUT2D eigenvalue weighted by molar-refractivity contribution is -0.192. The number of nitrogens with zero attached hydrogens (tertiary/aromatic N) is 2. The van der Waals surface area contributed by atoms with Crippen molar-refractivity contribution < 1.29 is 41.7 Å². The highest BCUT2D eigenvalue weighted by Gasteiger charge is 2.44. The summed E-state index contributed by atoms with van der Waals surface area (Å²) in [6.45, 7) is 1.78. The Kier molecular flexibility index (Phi) is 6.94. The first kappa shape index (κ1) is 22.0. The molecule has 1 amide bonds. The van der Waals surface area contributed by atoms with E-state index < -0.39 is 18.1 Å². The van der Waals surface area contributed by atoms with Crippen molar-refractivity contribution in [1.29, 1.82) is 0 Å². The van der Waals surface area contributed by atoms with E-state index in [1.54, 1.807) is 18.1 Å². The van der Waals surface area contributed by atoms with E-state index >= 15 is 0 Å². The molecule has 3 heterocycles. The van der Waals surface area contributed by atoms with Crippen molar-refractivity contribution in [3.63, 3.8) is 0 Å². The van der Waals surface area contributed by atoms with Gasteiger partial charge in [0, 0.05) is 37.9 Å². The molecule has 11 heteroatoms. The molecule has 3 rings (SSSR count). The Morgan fingerprint density at radius 2 is 2.11 bits per heavy atom. The average molecular weight is 408 g/mol. The molecule has 2 aliphatic rings. The molecule has 0 radical (unpaired) electrons. The van der Waals surface area contributed by atoms with E-state index in [0.717, 1.165) is 19.3 Å². The van der Waals surface area contributed by atoms with Gasteiger partial charge in [-0.25, -0.2) is 9.78 Å². The topological polar surface area (TPSA) is 89.0 Å². The number of amides is 1. The molecule has 0 aromatic carbocycles. The summed E-state index contributed by atoms with van der Waals surface area (Å²) in [5.74, 6) is -3.56. The highest BCUT2D eigenvalue weighted by molar-refractivity contribution is 5.94. The Balaban J connectivity index is 0.000000345. The minimum absolute atomic E-state index is 0.0958. The van der Waals surface area contributed by atoms with Gasteiger partial charge < -0.3 is 19.5 Å². The lowest BCUT2D eigenvalue weighted by Gasteiger charge is -2.39. The number of hydrogen-bond acceptors (Lipinski definition) is 5. The van der Waals surface area contributed by atoms with Crippen LogP contribution in [0, 0.1) is 5.95 Å². The van der Waals surface area contributed by atoms with Crippen molar-refractivity contribution in [3.05, 3.63) is 29.8 Å². The average Bonchev–Trinajstić information content (AvgIpc) is 3.03. The zero-order chi connectivity index (χ0) is 20.9. The van der Waals surface area contributed by atoms with E-state index in [1.807, 2.05) is 0 Å². The molecule has 1 aromatic heterocycles. The van der Waals surface area contributed by atoms with Crippen LogP contribution in [0.4, 0.5) is 17.6 Å². The summed E-state index contributed by atoms with van der Waals surface area (Å²) in [6, 6.07) is 2.72. The largest absolute Gasteiger partial charge is 0.490 e. The van der Waals surface area contributed by atoms with Crippen LogP contribution in [0.2, 0.25) is 0 Å². The number of halogens is 4. The van der Waals surface area contributed by atoms with Gasteiger partial charge in [0.25, 0.3) is 5.91 Å². The van der Waals surface area contributed by atoms with Crippen molar-refractivity contribution in [1.82, 2.24) is 9.88 Å². The summed E-state index contributed by atoms with van der Waals surface area (Å²) in [7, 11) is 1.68. The second-order valence-corrected chi connectivity index (χ2v) is 6.56. The number of likely N-dealkylation sites (tertiary alicyclic amines) is 1. The van der Waals surface area contributed by atoms with E-state index in [2.05, 4.69) is 4.98 Å². The Morgan fingerprint density at radius 1 is 1.43 bits per heavy atom. The molecule has 28 heavy (non-hydrogen) atoms. The highest BCUT2D eigenvalue weighted by atomic mass is 19.4. The molecule has 2 fully saturated rings. The molecule has 2 saturated heterocycles. The van der Waals surface area contributed by atoms with Crippen LogP contribution in [0.25, 0.3) is 0 Å². The molecular weight excluding hydrogens is 388 g/mol. The minimum Gasteiger partial charge on any atom is -0.475 e. The minimum atomic E-state index is -5.08. The van der Waals surface area contributed by atoms with Crippen molar-refractivity contribution in [3.8, 4) is 0 Å². The van der Waals surface area contributed by atoms with Crippen LogP contribution in [0.3, 0.4) is 0 Å². The monoisotopic (exact) mass is 408 g/mol. The van der Waals surface area contributed by atoms with Crippen LogP contribution in [-0.4, -0.2) is 71.6 Å². The normalized spacial score (nSPS) is 24.6. The van der Waals surface area contributed by atoms with Crippen LogP contribution in [0.15, 0.2) is 18.3 Å². The van der Waals surface area contributed by atoms with Crippen LogP contribution < -0.4 is 0 Å². The first-order chi connectivity index (χ1) is 13.1. The molecule has 1 aromatic rings. The van der Waals surface area contributed by atoms with E-state index in [9.17, 15) is 22.4 Å². The summed E-state index contributed by atoms with van der Waals surface area (Å²) in [5, 5.41) is 7.12. The molecule has 2 atom stereocenters. The fourth-order valence-corrected chi connectivity index (χ4v) is 3.23. The van der Waals surface area contributed by atoms with Gasteiger partial charge in [0.15, 0.2) is 0 Å². The Bertz CT molecular complexity index is 715. The zero-order valence-corrected chi connectivity index (χ0v) is 15.0. The standard InChI is InChI=1S/C15H19FN2O3.C2HF3O2/c1-20-12-8-15(21-9-12)4-2-6-18(10-15)14(19)11-3-5-17-13(16)7-11;3-2(4,5)1(6)7/h3,5,7,12H,2,4,6,8-10H2,1H3;(H,6,7)/t12-,15+;/m0./s1. The number of carboxylic acids is 1. The van der Waals surface area contributed by atoms with Crippen molar-refractivity contribution >= 4 is 11.9 Å². The number of aromatic nitrogens is 1. The predicted octanol–water partition coefficient (Wildman–Crippen LogP) is 2.26. The molecule has 0 aliphatic carbocycles. The van der Waals surface area contributed by atoms with E-state index in [4.69, 9.17) is 19.4 Å². The number of rotatable bonds is 2. The maximum atomic E-state index is 13.2.